The molecule has 0 radical (unpaired) electrons. The Morgan fingerprint density at radius 2 is 1.88 bits per heavy atom. The van der Waals surface area contributed by atoms with Gasteiger partial charge in [0.15, 0.2) is 0 Å². The molecule has 6 heteroatoms. The van der Waals surface area contributed by atoms with E-state index in [1.807, 2.05) is 25.1 Å². The van der Waals surface area contributed by atoms with Crippen LogP contribution in [0.5, 0.6) is 0 Å². The van der Waals surface area contributed by atoms with E-state index in [4.69, 9.17) is 4.52 Å². The van der Waals surface area contributed by atoms with Gasteiger partial charge in [0, 0.05) is 11.5 Å². The van der Waals surface area contributed by atoms with Crippen LogP contribution in [0.2, 0.25) is 0 Å². The Morgan fingerprint density at radius 3 is 2.59 bits per heavy atom. The highest BCUT2D eigenvalue weighted by atomic mass is 16.5. The first kappa shape index (κ1) is 22.2. The highest BCUT2D eigenvalue weighted by Crippen LogP contribution is 2.23. The van der Waals surface area contributed by atoms with E-state index in [0.717, 1.165) is 31.5 Å². The summed E-state index contributed by atoms with van der Waals surface area (Å²) in [7, 11) is 0. The predicted molar refractivity (Wildman–Crippen MR) is 125 cm³/mol. The molecule has 1 saturated heterocycles. The number of amides is 1. The molecule has 32 heavy (non-hydrogen) atoms. The van der Waals surface area contributed by atoms with Crippen LogP contribution in [0.25, 0.3) is 11.4 Å². The third-order valence-electron chi connectivity index (χ3n) is 6.31. The first-order valence-corrected chi connectivity index (χ1v) is 11.4. The number of carbonyl (C=O) groups is 1. The molecule has 0 spiro atoms. The Kier molecular flexibility index (Phi) is 6.70. The van der Waals surface area contributed by atoms with Gasteiger partial charge in [-0.1, -0.05) is 52.7 Å². The highest BCUT2D eigenvalue weighted by Gasteiger charge is 2.27. The fraction of sp³-hybridized carbons (Fsp3) is 0.423. The van der Waals surface area contributed by atoms with Crippen molar-refractivity contribution in [1.29, 1.82) is 0 Å². The maximum absolute atomic E-state index is 12.8. The number of carbonyl (C=O) groups excluding carboxylic acids is 1. The van der Waals surface area contributed by atoms with Crippen molar-refractivity contribution in [2.45, 2.75) is 53.1 Å². The number of aromatic nitrogens is 2. The van der Waals surface area contributed by atoms with Crippen molar-refractivity contribution in [2.75, 3.05) is 13.1 Å². The van der Waals surface area contributed by atoms with Crippen LogP contribution in [0, 0.1) is 26.7 Å². The number of hydrogen-bond acceptors (Lipinski definition) is 5. The molecule has 168 valence electrons. The van der Waals surface area contributed by atoms with Gasteiger partial charge in [-0.05, 0) is 70.8 Å². The first-order valence-electron chi connectivity index (χ1n) is 11.4. The van der Waals surface area contributed by atoms with Crippen LogP contribution in [0.15, 0.2) is 47.0 Å². The molecule has 1 aliphatic rings. The van der Waals surface area contributed by atoms with Crippen molar-refractivity contribution in [3.8, 4) is 11.4 Å². The van der Waals surface area contributed by atoms with Crippen LogP contribution in [0.1, 0.15) is 54.0 Å². The molecular formula is C26H32N4O2. The largest absolute Gasteiger partial charge is 0.349 e. The van der Waals surface area contributed by atoms with Gasteiger partial charge in [-0.25, -0.2) is 0 Å². The van der Waals surface area contributed by atoms with E-state index < -0.39 is 0 Å². The molecule has 6 nitrogen and oxygen atoms in total. The minimum Gasteiger partial charge on any atom is -0.349 e. The van der Waals surface area contributed by atoms with Gasteiger partial charge >= 0.3 is 0 Å². The maximum atomic E-state index is 12.8. The molecule has 0 bridgehead atoms. The Balaban J connectivity index is 1.28. The van der Waals surface area contributed by atoms with Crippen molar-refractivity contribution in [3.05, 3.63) is 70.6 Å². The summed E-state index contributed by atoms with van der Waals surface area (Å²) >= 11 is 0. The topological polar surface area (TPSA) is 71.3 Å². The number of piperidine rings is 1. The quantitative estimate of drug-likeness (QED) is 0.609. The lowest BCUT2D eigenvalue weighted by molar-refractivity contribution is -0.127. The van der Waals surface area contributed by atoms with E-state index in [9.17, 15) is 4.79 Å². The molecule has 1 amide bonds. The number of likely N-dealkylation sites (tertiary alicyclic amines) is 1. The van der Waals surface area contributed by atoms with Crippen LogP contribution in [0.4, 0.5) is 0 Å². The predicted octanol–water partition coefficient (Wildman–Crippen LogP) is 4.75. The summed E-state index contributed by atoms with van der Waals surface area (Å²) in [5.74, 6) is 1.44. The summed E-state index contributed by atoms with van der Waals surface area (Å²) in [4.78, 5) is 19.7. The average molecular weight is 433 g/mol. The van der Waals surface area contributed by atoms with Crippen LogP contribution in [-0.2, 0) is 11.3 Å². The summed E-state index contributed by atoms with van der Waals surface area (Å²) in [6.07, 6.45) is 1.68. The van der Waals surface area contributed by atoms with E-state index in [2.05, 4.69) is 65.4 Å². The molecule has 1 fully saturated rings. The van der Waals surface area contributed by atoms with E-state index >= 15 is 0 Å². The molecular weight excluding hydrogens is 400 g/mol. The molecule has 4 rings (SSSR count). The van der Waals surface area contributed by atoms with E-state index in [1.54, 1.807) is 0 Å². The summed E-state index contributed by atoms with van der Waals surface area (Å²) in [6.45, 7) is 10.6. The van der Waals surface area contributed by atoms with Crippen molar-refractivity contribution >= 4 is 5.91 Å². The zero-order chi connectivity index (χ0) is 22.7. The average Bonchev–Trinajstić information content (AvgIpc) is 3.22. The highest BCUT2D eigenvalue weighted by molar-refractivity contribution is 5.79. The molecule has 0 aliphatic carbocycles. The van der Waals surface area contributed by atoms with Crippen LogP contribution >= 0.6 is 0 Å². The number of aryl methyl sites for hydroxylation is 3. The van der Waals surface area contributed by atoms with Gasteiger partial charge in [-0.2, -0.15) is 4.98 Å². The minimum atomic E-state index is 0.0135. The van der Waals surface area contributed by atoms with Crippen molar-refractivity contribution in [1.82, 2.24) is 20.4 Å². The molecule has 1 atom stereocenters. The van der Waals surface area contributed by atoms with Gasteiger partial charge in [0.1, 0.15) is 0 Å². The van der Waals surface area contributed by atoms with Gasteiger partial charge in [0.25, 0.3) is 0 Å². The number of rotatable bonds is 6. The zero-order valence-electron chi connectivity index (χ0n) is 19.4. The second kappa shape index (κ2) is 9.65. The van der Waals surface area contributed by atoms with Gasteiger partial charge in [0.05, 0.1) is 12.6 Å². The molecule has 1 aliphatic heterocycles. The fourth-order valence-electron chi connectivity index (χ4n) is 4.49. The summed E-state index contributed by atoms with van der Waals surface area (Å²) < 4.78 is 5.48. The van der Waals surface area contributed by atoms with Crippen molar-refractivity contribution in [2.24, 2.45) is 5.92 Å². The number of nitrogens with one attached hydrogen (secondary N) is 1. The molecule has 2 heterocycles. The Bertz CT molecular complexity index is 1080. The smallest absolute Gasteiger partial charge is 0.241 e. The monoisotopic (exact) mass is 432 g/mol. The van der Waals surface area contributed by atoms with Crippen LogP contribution in [0.3, 0.4) is 0 Å². The van der Waals surface area contributed by atoms with Gasteiger partial charge in [-0.3, -0.25) is 9.69 Å². The van der Waals surface area contributed by atoms with Gasteiger partial charge < -0.3 is 9.84 Å². The molecule has 0 saturated carbocycles. The maximum Gasteiger partial charge on any atom is 0.241 e. The van der Waals surface area contributed by atoms with E-state index in [1.165, 1.54) is 22.3 Å². The molecule has 1 unspecified atom stereocenters. The summed E-state index contributed by atoms with van der Waals surface area (Å²) in [5, 5.41) is 7.35. The standard InChI is InChI=1S/C26H32N4O2/c1-17-6-5-7-22(15-17)25-28-24(32-29-25)16-30-12-10-21(11-13-30)26(31)27-20(4)23-9-8-18(2)14-19(23)3/h5-9,14-15,20-21H,10-13,16H2,1-4H3,(H,27,31). The molecule has 1 N–H and O–H groups in total. The normalized spacial score (nSPS) is 16.1. The third kappa shape index (κ3) is 5.25. The van der Waals surface area contributed by atoms with E-state index in [-0.39, 0.29) is 17.9 Å². The third-order valence-corrected chi connectivity index (χ3v) is 6.31. The molecule has 1 aromatic heterocycles. The van der Waals surface area contributed by atoms with Crippen molar-refractivity contribution < 1.29 is 9.32 Å². The lowest BCUT2D eigenvalue weighted by atomic mass is 9.94. The Hall–Kier alpha value is -2.99. The Labute approximate surface area is 190 Å². The SMILES string of the molecule is Cc1cccc(-c2noc(CN3CCC(C(=O)NC(C)c4ccc(C)cc4C)CC3)n2)c1. The van der Waals surface area contributed by atoms with Crippen LogP contribution < -0.4 is 5.32 Å². The minimum absolute atomic E-state index is 0.0135. The summed E-state index contributed by atoms with van der Waals surface area (Å²) in [6, 6.07) is 14.5. The van der Waals surface area contributed by atoms with Gasteiger partial charge in [0.2, 0.25) is 17.6 Å². The Morgan fingerprint density at radius 1 is 1.12 bits per heavy atom. The lowest BCUT2D eigenvalue weighted by Crippen LogP contribution is -2.41. The molecule has 2 aromatic carbocycles. The van der Waals surface area contributed by atoms with Gasteiger partial charge in [-0.15, -0.1) is 0 Å². The van der Waals surface area contributed by atoms with Crippen molar-refractivity contribution in [3.63, 3.8) is 0 Å². The fourth-order valence-corrected chi connectivity index (χ4v) is 4.49. The zero-order valence-corrected chi connectivity index (χ0v) is 19.4. The molecule has 3 aromatic rings. The second-order valence-electron chi connectivity index (χ2n) is 9.02. The number of nitrogens with zero attached hydrogens (tertiary/aromatic N) is 3. The first-order chi connectivity index (χ1) is 15.4. The van der Waals surface area contributed by atoms with E-state index in [0.29, 0.717) is 18.3 Å². The number of benzene rings is 2. The van der Waals surface area contributed by atoms with Crippen LogP contribution in [-0.4, -0.2) is 34.0 Å². The number of hydrogen-bond donors (Lipinski definition) is 1. The summed E-state index contributed by atoms with van der Waals surface area (Å²) in [5.41, 5.74) is 5.78. The lowest BCUT2D eigenvalue weighted by Gasteiger charge is -2.31. The second-order valence-corrected chi connectivity index (χ2v) is 9.02.